The van der Waals surface area contributed by atoms with E-state index in [1.807, 2.05) is 25.1 Å². The number of hydrogen-bond acceptors (Lipinski definition) is 3. The number of aryl methyl sites for hydroxylation is 1. The van der Waals surface area contributed by atoms with Crippen LogP contribution < -0.4 is 5.32 Å². The van der Waals surface area contributed by atoms with Gasteiger partial charge in [-0.05, 0) is 36.8 Å². The zero-order chi connectivity index (χ0) is 12.3. The summed E-state index contributed by atoms with van der Waals surface area (Å²) in [6.07, 6.45) is 3.26. The minimum Gasteiger partial charge on any atom is -0.353 e. The van der Waals surface area contributed by atoms with Crippen LogP contribution in [0.4, 0.5) is 11.4 Å². The first-order valence-electron chi connectivity index (χ1n) is 5.08. The molecular formula is C13H10BrN3. The second-order valence-corrected chi connectivity index (χ2v) is 4.48. The fourth-order valence-electron chi connectivity index (χ4n) is 1.47. The highest BCUT2D eigenvalue weighted by molar-refractivity contribution is 9.10. The van der Waals surface area contributed by atoms with Gasteiger partial charge in [0.1, 0.15) is 6.07 Å². The number of benzene rings is 1. The molecule has 0 spiro atoms. The summed E-state index contributed by atoms with van der Waals surface area (Å²) in [6, 6.07) is 9.75. The molecule has 0 unspecified atom stereocenters. The minimum atomic E-state index is 0.584. The van der Waals surface area contributed by atoms with Crippen LogP contribution in [-0.2, 0) is 0 Å². The van der Waals surface area contributed by atoms with Crippen molar-refractivity contribution in [2.45, 2.75) is 6.92 Å². The van der Waals surface area contributed by atoms with E-state index in [2.05, 4.69) is 32.3 Å². The number of nitrogens with zero attached hydrogens (tertiary/aromatic N) is 2. The molecule has 0 aliphatic rings. The van der Waals surface area contributed by atoms with Crippen LogP contribution in [0, 0.1) is 18.3 Å². The fraction of sp³-hybridized carbons (Fsp3) is 0.0769. The Kier molecular flexibility index (Phi) is 3.40. The Morgan fingerprint density at radius 3 is 2.88 bits per heavy atom. The van der Waals surface area contributed by atoms with Crippen LogP contribution in [-0.4, -0.2) is 4.98 Å². The monoisotopic (exact) mass is 287 g/mol. The first-order valence-corrected chi connectivity index (χ1v) is 5.87. The maximum Gasteiger partial charge on any atom is 0.101 e. The Labute approximate surface area is 108 Å². The molecule has 0 saturated heterocycles. The minimum absolute atomic E-state index is 0.584. The molecule has 0 fully saturated rings. The van der Waals surface area contributed by atoms with Gasteiger partial charge < -0.3 is 5.32 Å². The molecule has 3 nitrogen and oxygen atoms in total. The molecule has 1 N–H and O–H groups in total. The van der Waals surface area contributed by atoms with Gasteiger partial charge in [0.15, 0.2) is 0 Å². The molecule has 0 aliphatic carbocycles. The average Bonchev–Trinajstić information content (AvgIpc) is 2.34. The smallest absolute Gasteiger partial charge is 0.101 e. The average molecular weight is 288 g/mol. The van der Waals surface area contributed by atoms with E-state index in [1.165, 1.54) is 0 Å². The number of nitrogens with one attached hydrogen (secondary N) is 1. The number of hydrogen-bond donors (Lipinski definition) is 1. The van der Waals surface area contributed by atoms with Crippen molar-refractivity contribution in [1.82, 2.24) is 4.98 Å². The van der Waals surface area contributed by atoms with Gasteiger partial charge in [0, 0.05) is 16.4 Å². The predicted octanol–water partition coefficient (Wildman–Crippen LogP) is 3.77. The second kappa shape index (κ2) is 4.98. The van der Waals surface area contributed by atoms with E-state index >= 15 is 0 Å². The van der Waals surface area contributed by atoms with Crippen molar-refractivity contribution in [1.29, 1.82) is 5.26 Å². The summed E-state index contributed by atoms with van der Waals surface area (Å²) in [6.45, 7) is 2.02. The predicted molar refractivity (Wildman–Crippen MR) is 71.1 cm³/mol. The van der Waals surface area contributed by atoms with Gasteiger partial charge in [0.2, 0.25) is 0 Å². The third-order valence-corrected chi connectivity index (χ3v) is 3.27. The highest BCUT2D eigenvalue weighted by Crippen LogP contribution is 2.24. The quantitative estimate of drug-likeness (QED) is 0.915. The van der Waals surface area contributed by atoms with Gasteiger partial charge in [-0.25, -0.2) is 0 Å². The van der Waals surface area contributed by atoms with Crippen LogP contribution >= 0.6 is 15.9 Å². The summed E-state index contributed by atoms with van der Waals surface area (Å²) < 4.78 is 1.06. The van der Waals surface area contributed by atoms with Crippen LogP contribution in [0.2, 0.25) is 0 Å². The number of pyridine rings is 1. The largest absolute Gasteiger partial charge is 0.353 e. The molecule has 0 atom stereocenters. The first kappa shape index (κ1) is 11.6. The molecule has 17 heavy (non-hydrogen) atoms. The maximum atomic E-state index is 8.97. The summed E-state index contributed by atoms with van der Waals surface area (Å²) in [5.74, 6) is 0. The zero-order valence-corrected chi connectivity index (χ0v) is 10.8. The first-order chi connectivity index (χ1) is 8.20. The molecule has 1 aromatic heterocycles. The van der Waals surface area contributed by atoms with Crippen LogP contribution in [0.15, 0.2) is 41.1 Å². The van der Waals surface area contributed by atoms with E-state index in [0.29, 0.717) is 5.56 Å². The molecule has 1 heterocycles. The SMILES string of the molecule is Cc1cc(Nc2cnccc2C#N)ccc1Br. The van der Waals surface area contributed by atoms with Gasteiger partial charge in [-0.15, -0.1) is 0 Å². The van der Waals surface area contributed by atoms with Crippen LogP contribution in [0.25, 0.3) is 0 Å². The highest BCUT2D eigenvalue weighted by Gasteiger charge is 2.02. The van der Waals surface area contributed by atoms with E-state index in [9.17, 15) is 0 Å². The van der Waals surface area contributed by atoms with E-state index in [-0.39, 0.29) is 0 Å². The van der Waals surface area contributed by atoms with Crippen molar-refractivity contribution in [3.8, 4) is 6.07 Å². The number of rotatable bonds is 2. The molecule has 0 radical (unpaired) electrons. The molecule has 2 rings (SSSR count). The maximum absolute atomic E-state index is 8.97. The Balaban J connectivity index is 2.32. The Hall–Kier alpha value is -1.86. The van der Waals surface area contributed by atoms with Crippen molar-refractivity contribution in [3.63, 3.8) is 0 Å². The third kappa shape index (κ3) is 2.63. The van der Waals surface area contributed by atoms with E-state index in [4.69, 9.17) is 5.26 Å². The fourth-order valence-corrected chi connectivity index (χ4v) is 1.72. The molecule has 4 heteroatoms. The van der Waals surface area contributed by atoms with Crippen molar-refractivity contribution in [2.75, 3.05) is 5.32 Å². The Morgan fingerprint density at radius 1 is 1.35 bits per heavy atom. The van der Waals surface area contributed by atoms with Crippen LogP contribution in [0.1, 0.15) is 11.1 Å². The zero-order valence-electron chi connectivity index (χ0n) is 9.24. The van der Waals surface area contributed by atoms with Gasteiger partial charge in [-0.1, -0.05) is 15.9 Å². The number of aromatic nitrogens is 1. The van der Waals surface area contributed by atoms with Gasteiger partial charge in [0.05, 0.1) is 17.4 Å². The number of nitriles is 1. The van der Waals surface area contributed by atoms with Gasteiger partial charge in [-0.2, -0.15) is 5.26 Å². The summed E-state index contributed by atoms with van der Waals surface area (Å²) in [5, 5.41) is 12.2. The number of halogens is 1. The normalized spacial score (nSPS) is 9.71. The van der Waals surface area contributed by atoms with Gasteiger partial charge in [-0.3, -0.25) is 4.98 Å². The lowest BCUT2D eigenvalue weighted by atomic mass is 10.2. The van der Waals surface area contributed by atoms with Gasteiger partial charge >= 0.3 is 0 Å². The number of anilines is 2. The third-order valence-electron chi connectivity index (χ3n) is 2.38. The standard InChI is InChI=1S/C13H10BrN3/c1-9-6-11(2-3-12(9)14)17-13-8-16-5-4-10(13)7-15/h2-6,8,17H,1H3. The highest BCUT2D eigenvalue weighted by atomic mass is 79.9. The summed E-state index contributed by atoms with van der Waals surface area (Å²) in [7, 11) is 0. The van der Waals surface area contributed by atoms with Crippen LogP contribution in [0.5, 0.6) is 0 Å². The van der Waals surface area contributed by atoms with Crippen molar-refractivity contribution in [2.24, 2.45) is 0 Å². The molecule has 0 saturated carbocycles. The van der Waals surface area contributed by atoms with E-state index < -0.39 is 0 Å². The van der Waals surface area contributed by atoms with Crippen molar-refractivity contribution < 1.29 is 0 Å². The molecule has 84 valence electrons. The molecule has 0 amide bonds. The molecule has 0 aliphatic heterocycles. The summed E-state index contributed by atoms with van der Waals surface area (Å²) in [4.78, 5) is 4.01. The Morgan fingerprint density at radius 2 is 2.18 bits per heavy atom. The molecular weight excluding hydrogens is 278 g/mol. The molecule has 0 bridgehead atoms. The molecule has 1 aromatic carbocycles. The summed E-state index contributed by atoms with van der Waals surface area (Å²) in [5.41, 5.74) is 3.38. The van der Waals surface area contributed by atoms with Crippen molar-refractivity contribution >= 4 is 27.3 Å². The van der Waals surface area contributed by atoms with E-state index in [0.717, 1.165) is 21.4 Å². The van der Waals surface area contributed by atoms with Gasteiger partial charge in [0.25, 0.3) is 0 Å². The summed E-state index contributed by atoms with van der Waals surface area (Å²) >= 11 is 3.45. The topological polar surface area (TPSA) is 48.7 Å². The molecule has 2 aromatic rings. The Bertz CT molecular complexity index is 587. The second-order valence-electron chi connectivity index (χ2n) is 3.62. The van der Waals surface area contributed by atoms with Crippen LogP contribution in [0.3, 0.4) is 0 Å². The van der Waals surface area contributed by atoms with E-state index in [1.54, 1.807) is 18.5 Å². The lowest BCUT2D eigenvalue weighted by molar-refractivity contribution is 1.30. The van der Waals surface area contributed by atoms with Crippen molar-refractivity contribution in [3.05, 3.63) is 52.3 Å². The lowest BCUT2D eigenvalue weighted by Gasteiger charge is -2.08. The lowest BCUT2D eigenvalue weighted by Crippen LogP contribution is -1.94.